The van der Waals surface area contributed by atoms with Crippen LogP contribution in [-0.4, -0.2) is 73.7 Å². The number of ether oxygens (including phenoxy) is 1. The maximum Gasteiger partial charge on any atom is 0.289 e. The average Bonchev–Trinajstić information content (AvgIpc) is 2.91. The van der Waals surface area contributed by atoms with Gasteiger partial charge in [-0.3, -0.25) is 9.59 Å². The Labute approximate surface area is 117 Å². The molecule has 0 saturated carbocycles. The first-order valence-electron chi connectivity index (χ1n) is 6.15. The lowest BCUT2D eigenvalue weighted by Crippen LogP contribution is -2.42. The van der Waals surface area contributed by atoms with Crippen molar-refractivity contribution < 1.29 is 23.8 Å². The molecule has 20 heavy (non-hydrogen) atoms. The fraction of sp³-hybridized carbons (Fsp3) is 0.538. The van der Waals surface area contributed by atoms with Crippen LogP contribution in [0.25, 0.3) is 0 Å². The number of likely N-dealkylation sites (N-methyl/N-ethyl adjacent to an activating group) is 2. The zero-order valence-electron chi connectivity index (χ0n) is 11.9. The van der Waals surface area contributed by atoms with Crippen molar-refractivity contribution in [3.05, 3.63) is 24.2 Å². The molecule has 0 aliphatic rings. The maximum absolute atomic E-state index is 11.9. The lowest BCUT2D eigenvalue weighted by atomic mass is 10.3. The molecule has 0 aromatic carbocycles. The first-order valence-corrected chi connectivity index (χ1v) is 6.15. The van der Waals surface area contributed by atoms with Crippen molar-refractivity contribution in [2.45, 2.75) is 6.10 Å². The van der Waals surface area contributed by atoms with E-state index < -0.39 is 6.10 Å². The second-order valence-electron chi connectivity index (χ2n) is 4.52. The third kappa shape index (κ3) is 4.67. The van der Waals surface area contributed by atoms with E-state index in [0.29, 0.717) is 0 Å². The number of aliphatic hydroxyl groups is 1. The average molecular weight is 284 g/mol. The monoisotopic (exact) mass is 284 g/mol. The summed E-state index contributed by atoms with van der Waals surface area (Å²) >= 11 is 0. The molecule has 1 rings (SSSR count). The Balaban J connectivity index is 2.46. The van der Waals surface area contributed by atoms with Gasteiger partial charge in [0.15, 0.2) is 5.76 Å². The van der Waals surface area contributed by atoms with Crippen molar-refractivity contribution in [2.24, 2.45) is 0 Å². The SMILES string of the molecule is COCC(O)CN(C)C(=O)CN(C)C(=O)c1ccco1. The Bertz CT molecular complexity index is 432. The number of rotatable bonds is 7. The molecule has 1 atom stereocenters. The van der Waals surface area contributed by atoms with Gasteiger partial charge in [-0.2, -0.15) is 0 Å². The van der Waals surface area contributed by atoms with E-state index in [4.69, 9.17) is 9.15 Å². The van der Waals surface area contributed by atoms with Crippen molar-refractivity contribution in [2.75, 3.05) is 40.9 Å². The Kier molecular flexibility index (Phi) is 6.20. The summed E-state index contributed by atoms with van der Waals surface area (Å²) in [6.07, 6.45) is 0.649. The quantitative estimate of drug-likeness (QED) is 0.751. The van der Waals surface area contributed by atoms with E-state index in [1.165, 1.54) is 36.3 Å². The highest BCUT2D eigenvalue weighted by molar-refractivity contribution is 5.94. The summed E-state index contributed by atoms with van der Waals surface area (Å²) < 4.78 is 9.77. The van der Waals surface area contributed by atoms with Crippen LogP contribution < -0.4 is 0 Å². The highest BCUT2D eigenvalue weighted by Crippen LogP contribution is 2.04. The standard InChI is InChI=1S/C13H20N2O5/c1-14(7-10(16)9-19-3)12(17)8-15(2)13(18)11-5-4-6-20-11/h4-6,10,16H,7-9H2,1-3H3. The third-order valence-corrected chi connectivity index (χ3v) is 2.72. The van der Waals surface area contributed by atoms with Crippen molar-refractivity contribution in [1.29, 1.82) is 0 Å². The molecule has 0 aliphatic heterocycles. The number of aliphatic hydroxyl groups excluding tert-OH is 1. The van der Waals surface area contributed by atoms with Crippen LogP contribution >= 0.6 is 0 Å². The second kappa shape index (κ2) is 7.66. The Morgan fingerprint density at radius 1 is 1.40 bits per heavy atom. The maximum atomic E-state index is 11.9. The minimum absolute atomic E-state index is 0.0876. The van der Waals surface area contributed by atoms with Crippen molar-refractivity contribution in [3.63, 3.8) is 0 Å². The first kappa shape index (κ1) is 16.2. The summed E-state index contributed by atoms with van der Waals surface area (Å²) in [5.74, 6) is -0.459. The molecule has 7 nitrogen and oxygen atoms in total. The van der Waals surface area contributed by atoms with Crippen molar-refractivity contribution in [3.8, 4) is 0 Å². The molecule has 2 amide bonds. The molecular weight excluding hydrogens is 264 g/mol. The summed E-state index contributed by atoms with van der Waals surface area (Å²) in [7, 11) is 4.55. The van der Waals surface area contributed by atoms with Gasteiger partial charge in [-0.25, -0.2) is 0 Å². The summed E-state index contributed by atoms with van der Waals surface area (Å²) in [5.41, 5.74) is 0. The number of carbonyl (C=O) groups excluding carboxylic acids is 2. The molecule has 1 aromatic rings. The number of carbonyl (C=O) groups is 2. The number of methoxy groups -OCH3 is 1. The van der Waals surface area contributed by atoms with Gasteiger partial charge in [-0.15, -0.1) is 0 Å². The minimum atomic E-state index is -0.750. The molecule has 0 aliphatic carbocycles. The van der Waals surface area contributed by atoms with Crippen LogP contribution in [0.1, 0.15) is 10.6 Å². The first-order chi connectivity index (χ1) is 9.45. The molecular formula is C13H20N2O5. The molecule has 1 N–H and O–H groups in total. The predicted molar refractivity (Wildman–Crippen MR) is 71.2 cm³/mol. The van der Waals surface area contributed by atoms with Crippen LogP contribution in [0.2, 0.25) is 0 Å². The fourth-order valence-corrected chi connectivity index (χ4v) is 1.65. The smallest absolute Gasteiger partial charge is 0.289 e. The van der Waals surface area contributed by atoms with Gasteiger partial charge in [0.2, 0.25) is 5.91 Å². The van der Waals surface area contributed by atoms with Gasteiger partial charge in [-0.1, -0.05) is 0 Å². The van der Waals surface area contributed by atoms with Gasteiger partial charge in [0.05, 0.1) is 25.5 Å². The fourth-order valence-electron chi connectivity index (χ4n) is 1.65. The zero-order chi connectivity index (χ0) is 15.1. The van der Waals surface area contributed by atoms with E-state index in [1.54, 1.807) is 13.1 Å². The highest BCUT2D eigenvalue weighted by Gasteiger charge is 2.20. The Morgan fingerprint density at radius 2 is 2.10 bits per heavy atom. The largest absolute Gasteiger partial charge is 0.459 e. The van der Waals surface area contributed by atoms with Gasteiger partial charge in [-0.05, 0) is 12.1 Å². The number of furan rings is 1. The lowest BCUT2D eigenvalue weighted by molar-refractivity contribution is -0.132. The van der Waals surface area contributed by atoms with E-state index in [-0.39, 0.29) is 37.3 Å². The Morgan fingerprint density at radius 3 is 2.65 bits per heavy atom. The Hall–Kier alpha value is -1.86. The van der Waals surface area contributed by atoms with Crippen LogP contribution in [0.15, 0.2) is 22.8 Å². The summed E-state index contributed by atoms with van der Waals surface area (Å²) in [4.78, 5) is 26.4. The number of hydrogen-bond donors (Lipinski definition) is 1. The molecule has 0 fully saturated rings. The normalized spacial score (nSPS) is 12.0. The molecule has 0 saturated heterocycles. The summed E-state index contributed by atoms with van der Waals surface area (Å²) in [6.45, 7) is 0.212. The van der Waals surface area contributed by atoms with Crippen molar-refractivity contribution in [1.82, 2.24) is 9.80 Å². The highest BCUT2D eigenvalue weighted by atomic mass is 16.5. The summed E-state index contributed by atoms with van der Waals surface area (Å²) in [5, 5.41) is 9.55. The van der Waals surface area contributed by atoms with Gasteiger partial charge in [0.1, 0.15) is 0 Å². The molecule has 1 heterocycles. The topological polar surface area (TPSA) is 83.2 Å². The molecule has 7 heteroatoms. The van der Waals surface area contributed by atoms with E-state index in [2.05, 4.69) is 0 Å². The molecule has 112 valence electrons. The van der Waals surface area contributed by atoms with Gasteiger partial charge < -0.3 is 24.1 Å². The third-order valence-electron chi connectivity index (χ3n) is 2.72. The van der Waals surface area contributed by atoms with E-state index in [9.17, 15) is 14.7 Å². The van der Waals surface area contributed by atoms with Crippen LogP contribution in [0, 0.1) is 0 Å². The van der Waals surface area contributed by atoms with Crippen LogP contribution in [0.3, 0.4) is 0 Å². The van der Waals surface area contributed by atoms with Gasteiger partial charge in [0, 0.05) is 27.7 Å². The number of hydrogen-bond acceptors (Lipinski definition) is 5. The van der Waals surface area contributed by atoms with Crippen molar-refractivity contribution >= 4 is 11.8 Å². The molecule has 0 radical (unpaired) electrons. The van der Waals surface area contributed by atoms with Gasteiger partial charge >= 0.3 is 0 Å². The molecule has 1 aromatic heterocycles. The van der Waals surface area contributed by atoms with Crippen LogP contribution in [-0.2, 0) is 9.53 Å². The van der Waals surface area contributed by atoms with E-state index >= 15 is 0 Å². The molecule has 1 unspecified atom stereocenters. The van der Waals surface area contributed by atoms with Crippen LogP contribution in [0.4, 0.5) is 0 Å². The summed E-state index contributed by atoms with van der Waals surface area (Å²) in [6, 6.07) is 3.14. The van der Waals surface area contributed by atoms with E-state index in [0.717, 1.165) is 0 Å². The number of nitrogens with zero attached hydrogens (tertiary/aromatic N) is 2. The lowest BCUT2D eigenvalue weighted by Gasteiger charge is -2.23. The molecule has 0 spiro atoms. The predicted octanol–water partition coefficient (Wildman–Crippen LogP) is -0.183. The van der Waals surface area contributed by atoms with E-state index in [1.807, 2.05) is 0 Å². The number of amides is 2. The van der Waals surface area contributed by atoms with Gasteiger partial charge in [0.25, 0.3) is 5.91 Å². The van der Waals surface area contributed by atoms with Crippen LogP contribution in [0.5, 0.6) is 0 Å². The molecule has 0 bridgehead atoms. The minimum Gasteiger partial charge on any atom is -0.459 e. The zero-order valence-corrected chi connectivity index (χ0v) is 11.9. The second-order valence-corrected chi connectivity index (χ2v) is 4.52.